The van der Waals surface area contributed by atoms with E-state index in [4.69, 9.17) is 4.74 Å². The van der Waals surface area contributed by atoms with Crippen LogP contribution in [0.5, 0.6) is 5.75 Å². The van der Waals surface area contributed by atoms with Crippen LogP contribution in [0.25, 0.3) is 26.9 Å². The molecule has 0 unspecified atom stereocenters. The summed E-state index contributed by atoms with van der Waals surface area (Å²) in [6.07, 6.45) is 1.72. The van der Waals surface area contributed by atoms with Gasteiger partial charge in [0, 0.05) is 11.0 Å². The fourth-order valence-electron chi connectivity index (χ4n) is 4.85. The molecule has 0 amide bonds. The van der Waals surface area contributed by atoms with Gasteiger partial charge in [0.05, 0.1) is 37.2 Å². The minimum absolute atomic E-state index is 0.208. The van der Waals surface area contributed by atoms with Crippen molar-refractivity contribution in [1.29, 1.82) is 5.26 Å². The highest BCUT2D eigenvalue weighted by atomic mass is 32.1. The molecule has 9 heteroatoms. The number of allylic oxidation sites excluding steroid dienone is 1. The predicted octanol–water partition coefficient (Wildman–Crippen LogP) is 5.55. The van der Waals surface area contributed by atoms with Crippen LogP contribution in [0.2, 0.25) is 0 Å². The third kappa shape index (κ3) is 5.66. The summed E-state index contributed by atoms with van der Waals surface area (Å²) in [4.78, 5) is 40.8. The molecule has 0 radical (unpaired) electrons. The Morgan fingerprint density at radius 1 is 1.02 bits per heavy atom. The maximum absolute atomic E-state index is 13.9. The fourth-order valence-corrected chi connectivity index (χ4v) is 5.93. The summed E-state index contributed by atoms with van der Waals surface area (Å²) in [5, 5.41) is 19.5. The van der Waals surface area contributed by atoms with Crippen molar-refractivity contribution in [3.8, 4) is 22.9 Å². The monoisotopic (exact) mass is 577 g/mol. The first-order chi connectivity index (χ1) is 20.3. The number of ether oxygens (including phenoxy) is 1. The van der Waals surface area contributed by atoms with Gasteiger partial charge in [-0.1, -0.05) is 61.5 Å². The van der Waals surface area contributed by atoms with E-state index in [0.717, 1.165) is 32.2 Å². The molecule has 0 saturated carbocycles. The lowest BCUT2D eigenvalue weighted by molar-refractivity contribution is -0.131. The van der Waals surface area contributed by atoms with E-state index in [-0.39, 0.29) is 13.1 Å². The maximum atomic E-state index is 13.9. The molecule has 5 aromatic rings. The molecule has 0 spiro atoms. The summed E-state index contributed by atoms with van der Waals surface area (Å²) >= 11 is 1.41. The molecule has 2 aromatic heterocycles. The highest BCUT2D eigenvalue weighted by molar-refractivity contribution is 7.18. The van der Waals surface area contributed by atoms with Crippen molar-refractivity contribution in [2.24, 2.45) is 0 Å². The normalized spacial score (nSPS) is 11.4. The van der Waals surface area contributed by atoms with E-state index in [1.165, 1.54) is 18.4 Å². The lowest BCUT2D eigenvalue weighted by Crippen LogP contribution is -2.40. The Balaban J connectivity index is 1.59. The molecule has 0 aliphatic heterocycles. The Morgan fingerprint density at radius 3 is 2.38 bits per heavy atom. The Bertz CT molecular complexity index is 1970. The van der Waals surface area contributed by atoms with Crippen molar-refractivity contribution >= 4 is 33.1 Å². The number of aromatic nitrogens is 2. The maximum Gasteiger partial charge on any atom is 0.332 e. The molecule has 1 N–H and O–H groups in total. The van der Waals surface area contributed by atoms with Gasteiger partial charge in [-0.25, -0.2) is 9.59 Å². The van der Waals surface area contributed by atoms with Crippen molar-refractivity contribution in [2.45, 2.75) is 26.4 Å². The van der Waals surface area contributed by atoms with Gasteiger partial charge < -0.3 is 9.84 Å². The number of benzene rings is 3. The second kappa shape index (κ2) is 12.1. The van der Waals surface area contributed by atoms with E-state index >= 15 is 0 Å². The van der Waals surface area contributed by atoms with Crippen LogP contribution in [0.4, 0.5) is 0 Å². The van der Waals surface area contributed by atoms with Gasteiger partial charge in [0.25, 0.3) is 5.56 Å². The number of carboxylic acid groups (broad SMARTS) is 1. The Kier molecular flexibility index (Phi) is 8.18. The summed E-state index contributed by atoms with van der Waals surface area (Å²) < 4.78 is 7.88. The molecule has 42 heavy (non-hydrogen) atoms. The van der Waals surface area contributed by atoms with Crippen molar-refractivity contribution < 1.29 is 14.6 Å². The minimum Gasteiger partial charge on any atom is -0.497 e. The van der Waals surface area contributed by atoms with Crippen molar-refractivity contribution in [3.63, 3.8) is 0 Å². The standard InChI is InChI=1S/C33H27N3O5S/c1-3-27-17-29-31(39)35(20-25(16-30(37)38)22-12-14-26(41-2)15-13-22)33(40)36(32(29)42-27)19-21-8-10-23(11-9-21)28-7-5-4-6-24(28)18-34/h4-17H,3,19-20H2,1-2H3,(H,37,38). The summed E-state index contributed by atoms with van der Waals surface area (Å²) in [7, 11) is 1.53. The second-order valence-corrected chi connectivity index (χ2v) is 10.8. The molecule has 0 aliphatic carbocycles. The van der Waals surface area contributed by atoms with Gasteiger partial charge in [-0.2, -0.15) is 5.26 Å². The number of aliphatic carboxylic acids is 1. The molecular weight excluding hydrogens is 550 g/mol. The number of hydrogen-bond acceptors (Lipinski definition) is 6. The van der Waals surface area contributed by atoms with Gasteiger partial charge in [-0.3, -0.25) is 13.9 Å². The summed E-state index contributed by atoms with van der Waals surface area (Å²) in [6, 6.07) is 25.8. The average molecular weight is 578 g/mol. The predicted molar refractivity (Wildman–Crippen MR) is 164 cm³/mol. The van der Waals surface area contributed by atoms with Crippen LogP contribution in [0, 0.1) is 11.3 Å². The number of nitrogens with zero attached hydrogens (tertiary/aromatic N) is 3. The highest BCUT2D eigenvalue weighted by Gasteiger charge is 2.19. The number of carbonyl (C=O) groups is 1. The van der Waals surface area contributed by atoms with Crippen LogP contribution in [-0.2, 0) is 24.3 Å². The third-order valence-electron chi connectivity index (χ3n) is 7.03. The van der Waals surface area contributed by atoms with Crippen molar-refractivity contribution in [3.05, 3.63) is 127 Å². The SMILES string of the molecule is CCc1cc2c(=O)n(CC(=CC(=O)O)c3ccc(OC)cc3)c(=O)n(Cc3ccc(-c4ccccc4C#N)cc3)c2s1. The Labute approximate surface area is 245 Å². The molecule has 0 bridgehead atoms. The molecule has 0 aliphatic rings. The summed E-state index contributed by atoms with van der Waals surface area (Å²) in [6.45, 7) is 1.98. The Morgan fingerprint density at radius 2 is 1.74 bits per heavy atom. The fraction of sp³-hybridized carbons (Fsp3) is 0.152. The van der Waals surface area contributed by atoms with Crippen LogP contribution in [0.3, 0.4) is 0 Å². The first kappa shape index (κ1) is 28.3. The number of fused-ring (bicyclic) bond motifs is 1. The molecule has 0 saturated heterocycles. The number of nitriles is 1. The molecule has 210 valence electrons. The highest BCUT2D eigenvalue weighted by Crippen LogP contribution is 2.26. The second-order valence-electron chi connectivity index (χ2n) is 9.64. The first-order valence-corrected chi connectivity index (χ1v) is 14.1. The molecule has 5 rings (SSSR count). The average Bonchev–Trinajstić information content (AvgIpc) is 3.46. The first-order valence-electron chi connectivity index (χ1n) is 13.2. The third-order valence-corrected chi connectivity index (χ3v) is 8.34. The van der Waals surface area contributed by atoms with Gasteiger partial charge in [0.2, 0.25) is 0 Å². The Hall–Kier alpha value is -5.20. The molecular formula is C33H27N3O5S. The van der Waals surface area contributed by atoms with Crippen LogP contribution < -0.4 is 16.0 Å². The van der Waals surface area contributed by atoms with Crippen LogP contribution in [-0.4, -0.2) is 27.3 Å². The largest absolute Gasteiger partial charge is 0.497 e. The molecule has 3 aromatic carbocycles. The van der Waals surface area contributed by atoms with Crippen LogP contribution >= 0.6 is 11.3 Å². The molecule has 0 fully saturated rings. The summed E-state index contributed by atoms with van der Waals surface area (Å²) in [5.41, 5.74) is 2.99. The quantitative estimate of drug-likeness (QED) is 0.230. The van der Waals surface area contributed by atoms with E-state index in [9.17, 15) is 24.8 Å². The zero-order valence-corrected chi connectivity index (χ0v) is 23.9. The van der Waals surface area contributed by atoms with Crippen LogP contribution in [0.15, 0.2) is 94.5 Å². The van der Waals surface area contributed by atoms with Crippen LogP contribution in [0.1, 0.15) is 28.5 Å². The van der Waals surface area contributed by atoms with Gasteiger partial charge in [-0.15, -0.1) is 11.3 Å². The van der Waals surface area contributed by atoms with Gasteiger partial charge in [0.1, 0.15) is 10.6 Å². The zero-order chi connectivity index (χ0) is 29.8. The lowest BCUT2D eigenvalue weighted by Gasteiger charge is -2.14. The van der Waals surface area contributed by atoms with E-state index in [1.807, 2.05) is 55.5 Å². The number of methoxy groups -OCH3 is 1. The van der Waals surface area contributed by atoms with Gasteiger partial charge in [-0.05, 0) is 58.5 Å². The number of hydrogen-bond donors (Lipinski definition) is 1. The molecule has 8 nitrogen and oxygen atoms in total. The van der Waals surface area contributed by atoms with E-state index in [2.05, 4.69) is 6.07 Å². The topological polar surface area (TPSA) is 114 Å². The summed E-state index contributed by atoms with van der Waals surface area (Å²) in [5.74, 6) is -0.584. The van der Waals surface area contributed by atoms with E-state index in [1.54, 1.807) is 34.9 Å². The number of aryl methyl sites for hydroxylation is 1. The smallest absolute Gasteiger partial charge is 0.332 e. The molecule has 2 heterocycles. The van der Waals surface area contributed by atoms with Gasteiger partial charge in [0.15, 0.2) is 0 Å². The number of carboxylic acids is 1. The van der Waals surface area contributed by atoms with Gasteiger partial charge >= 0.3 is 11.7 Å². The number of rotatable bonds is 9. The number of thiophene rings is 1. The molecule has 0 atom stereocenters. The van der Waals surface area contributed by atoms with E-state index in [0.29, 0.717) is 39.1 Å². The van der Waals surface area contributed by atoms with E-state index < -0.39 is 17.2 Å². The zero-order valence-electron chi connectivity index (χ0n) is 23.0. The minimum atomic E-state index is -1.18. The van der Waals surface area contributed by atoms with Crippen molar-refractivity contribution in [1.82, 2.24) is 9.13 Å². The lowest BCUT2D eigenvalue weighted by atomic mass is 9.99. The van der Waals surface area contributed by atoms with Crippen molar-refractivity contribution in [2.75, 3.05) is 7.11 Å².